The van der Waals surface area contributed by atoms with Gasteiger partial charge in [0.15, 0.2) is 17.0 Å². The maximum atomic E-state index is 13.9. The van der Waals surface area contributed by atoms with Gasteiger partial charge in [-0.1, -0.05) is 85.6 Å². The third-order valence-electron chi connectivity index (χ3n) is 7.47. The van der Waals surface area contributed by atoms with E-state index < -0.39 is 0 Å². The molecule has 3 atom stereocenters. The quantitative estimate of drug-likeness (QED) is 0.279. The van der Waals surface area contributed by atoms with E-state index in [-0.39, 0.29) is 17.4 Å². The van der Waals surface area contributed by atoms with E-state index in [1.807, 2.05) is 55.5 Å². The minimum Gasteiger partial charge on any atom is -0.490 e. The molecule has 5 nitrogen and oxygen atoms in total. The van der Waals surface area contributed by atoms with Gasteiger partial charge in [0.2, 0.25) is 0 Å². The van der Waals surface area contributed by atoms with Gasteiger partial charge in [-0.25, -0.2) is 0 Å². The van der Waals surface area contributed by atoms with Gasteiger partial charge in [-0.3, -0.25) is 4.79 Å². The average molecular weight is 543 g/mol. The van der Waals surface area contributed by atoms with Crippen molar-refractivity contribution >= 4 is 29.4 Å². The largest absolute Gasteiger partial charge is 0.490 e. The van der Waals surface area contributed by atoms with Crippen molar-refractivity contribution in [1.82, 2.24) is 4.90 Å². The summed E-state index contributed by atoms with van der Waals surface area (Å²) in [6.07, 6.45) is 6.62. The van der Waals surface area contributed by atoms with E-state index in [9.17, 15) is 4.79 Å². The highest BCUT2D eigenvalue weighted by atomic mass is 32.2. The zero-order chi connectivity index (χ0) is 27.2. The molecular formula is C33H38N2O3S. The molecule has 1 heterocycles. The Hall–Kier alpha value is -3.38. The van der Waals surface area contributed by atoms with E-state index in [4.69, 9.17) is 9.47 Å². The van der Waals surface area contributed by atoms with Crippen molar-refractivity contribution < 1.29 is 14.3 Å². The van der Waals surface area contributed by atoms with E-state index >= 15 is 0 Å². The van der Waals surface area contributed by atoms with Crippen molar-refractivity contribution in [2.75, 3.05) is 11.9 Å². The standard InChI is InChI=1S/C33H38N2O3S/c1-4-37-30-20-25(17-18-29(30)38-22-26-13-10-11-23(2)19-26)21-31-32(36)35(28-16-9-8-12-24(28)3)33(39-31)34-27-14-6-5-7-15-27/h5-7,10-11,13-15,17-21,24,28,33-34H,4,8-9,12,16,22H2,1-3H3/b31-21-/t24-,28-,33?/m0/s1. The van der Waals surface area contributed by atoms with Crippen molar-refractivity contribution in [1.29, 1.82) is 0 Å². The van der Waals surface area contributed by atoms with Crippen LogP contribution in [0, 0.1) is 12.8 Å². The number of anilines is 1. The Labute approximate surface area is 236 Å². The van der Waals surface area contributed by atoms with Crippen LogP contribution in [0.4, 0.5) is 5.69 Å². The summed E-state index contributed by atoms with van der Waals surface area (Å²) in [6.45, 7) is 7.33. The number of benzene rings is 3. The van der Waals surface area contributed by atoms with Crippen molar-refractivity contribution in [3.05, 3.63) is 94.4 Å². The number of amides is 1. The zero-order valence-electron chi connectivity index (χ0n) is 23.1. The van der Waals surface area contributed by atoms with Crippen LogP contribution in [0.25, 0.3) is 6.08 Å². The van der Waals surface area contributed by atoms with Crippen LogP contribution in [0.3, 0.4) is 0 Å². The number of nitrogens with one attached hydrogen (secondary N) is 1. The topological polar surface area (TPSA) is 50.8 Å². The minimum atomic E-state index is -0.139. The maximum Gasteiger partial charge on any atom is 0.262 e. The van der Waals surface area contributed by atoms with Gasteiger partial charge in [-0.2, -0.15) is 0 Å². The van der Waals surface area contributed by atoms with Crippen LogP contribution in [0.2, 0.25) is 0 Å². The lowest BCUT2D eigenvalue weighted by Crippen LogP contribution is -2.48. The summed E-state index contributed by atoms with van der Waals surface area (Å²) in [4.78, 5) is 16.7. The van der Waals surface area contributed by atoms with Gasteiger partial charge >= 0.3 is 0 Å². The van der Waals surface area contributed by atoms with Crippen molar-refractivity contribution in [2.24, 2.45) is 5.92 Å². The summed E-state index contributed by atoms with van der Waals surface area (Å²) >= 11 is 1.60. The number of hydrogen-bond acceptors (Lipinski definition) is 5. The molecule has 3 aromatic rings. The molecule has 1 unspecified atom stereocenters. The Kier molecular flexibility index (Phi) is 8.82. The van der Waals surface area contributed by atoms with Gasteiger partial charge in [-0.05, 0) is 74.1 Å². The second kappa shape index (κ2) is 12.6. The van der Waals surface area contributed by atoms with E-state index in [0.717, 1.165) is 34.6 Å². The van der Waals surface area contributed by atoms with Gasteiger partial charge < -0.3 is 19.7 Å². The Morgan fingerprint density at radius 2 is 1.79 bits per heavy atom. The van der Waals surface area contributed by atoms with Gasteiger partial charge in [0.25, 0.3) is 5.91 Å². The number of hydrogen-bond donors (Lipinski definition) is 1. The van der Waals surface area contributed by atoms with Crippen LogP contribution in [-0.2, 0) is 11.4 Å². The number of para-hydroxylation sites is 1. The first-order chi connectivity index (χ1) is 19.0. The van der Waals surface area contributed by atoms with Gasteiger partial charge in [-0.15, -0.1) is 0 Å². The number of carbonyl (C=O) groups is 1. The molecule has 1 saturated carbocycles. The monoisotopic (exact) mass is 542 g/mol. The molecule has 0 bridgehead atoms. The van der Waals surface area contributed by atoms with Crippen LogP contribution >= 0.6 is 11.8 Å². The molecule has 39 heavy (non-hydrogen) atoms. The first-order valence-corrected chi connectivity index (χ1v) is 14.9. The molecule has 0 radical (unpaired) electrons. The summed E-state index contributed by atoms with van der Waals surface area (Å²) in [5.41, 5.74) is 4.13. The first kappa shape index (κ1) is 27.2. The minimum absolute atomic E-state index is 0.102. The molecule has 2 fully saturated rings. The molecular weight excluding hydrogens is 504 g/mol. The fourth-order valence-corrected chi connectivity index (χ4v) is 6.70. The highest BCUT2D eigenvalue weighted by Gasteiger charge is 2.42. The molecule has 1 amide bonds. The van der Waals surface area contributed by atoms with Crippen LogP contribution in [0.1, 0.15) is 56.2 Å². The molecule has 204 valence electrons. The smallest absolute Gasteiger partial charge is 0.262 e. The SMILES string of the molecule is CCOc1cc(/C=C2\SC(Nc3ccccc3)N([C@H]3CCCC[C@@H]3C)C2=O)ccc1OCc1cccc(C)c1. The lowest BCUT2D eigenvalue weighted by Gasteiger charge is -2.39. The normalized spacial score (nSPS) is 22.2. The lowest BCUT2D eigenvalue weighted by molar-refractivity contribution is -0.129. The van der Waals surface area contributed by atoms with Gasteiger partial charge in [0.1, 0.15) is 6.61 Å². The molecule has 3 aromatic carbocycles. The summed E-state index contributed by atoms with van der Waals surface area (Å²) in [5.74, 6) is 1.97. The molecule has 2 aliphatic rings. The van der Waals surface area contributed by atoms with E-state index in [0.29, 0.717) is 30.6 Å². The average Bonchev–Trinajstić information content (AvgIpc) is 3.23. The second-order valence-corrected chi connectivity index (χ2v) is 11.6. The Morgan fingerprint density at radius 1 is 0.974 bits per heavy atom. The number of carbonyl (C=O) groups excluding carboxylic acids is 1. The van der Waals surface area contributed by atoms with Crippen LogP contribution in [0.15, 0.2) is 77.7 Å². The van der Waals surface area contributed by atoms with Crippen LogP contribution < -0.4 is 14.8 Å². The molecule has 6 heteroatoms. The Balaban J connectivity index is 1.39. The first-order valence-electron chi connectivity index (χ1n) is 14.0. The van der Waals surface area contributed by atoms with Crippen molar-refractivity contribution in [2.45, 2.75) is 64.6 Å². The molecule has 0 aromatic heterocycles. The number of thioether (sulfide) groups is 1. The number of nitrogens with zero attached hydrogens (tertiary/aromatic N) is 1. The Morgan fingerprint density at radius 3 is 2.56 bits per heavy atom. The number of aryl methyl sites for hydroxylation is 1. The van der Waals surface area contributed by atoms with Gasteiger partial charge in [0.05, 0.1) is 11.5 Å². The molecule has 1 N–H and O–H groups in total. The number of rotatable bonds is 9. The predicted octanol–water partition coefficient (Wildman–Crippen LogP) is 7.86. The number of ether oxygens (including phenoxy) is 2. The third-order valence-corrected chi connectivity index (χ3v) is 8.58. The molecule has 0 spiro atoms. The fraction of sp³-hybridized carbons (Fsp3) is 0.364. The second-order valence-electron chi connectivity index (χ2n) is 10.4. The molecule has 1 aliphatic heterocycles. The highest BCUT2D eigenvalue weighted by Crippen LogP contribution is 2.42. The third kappa shape index (κ3) is 6.62. The summed E-state index contributed by atoms with van der Waals surface area (Å²) in [7, 11) is 0. The molecule has 5 rings (SSSR count). The summed E-state index contributed by atoms with van der Waals surface area (Å²) < 4.78 is 12.1. The van der Waals surface area contributed by atoms with E-state index in [1.54, 1.807) is 11.8 Å². The highest BCUT2D eigenvalue weighted by molar-refractivity contribution is 8.05. The summed E-state index contributed by atoms with van der Waals surface area (Å²) in [5, 5.41) is 3.61. The zero-order valence-corrected chi connectivity index (χ0v) is 23.9. The predicted molar refractivity (Wildman–Crippen MR) is 161 cm³/mol. The molecule has 1 saturated heterocycles. The van der Waals surface area contributed by atoms with Crippen LogP contribution in [0.5, 0.6) is 11.5 Å². The van der Waals surface area contributed by atoms with Gasteiger partial charge in [0, 0.05) is 11.7 Å². The maximum absolute atomic E-state index is 13.9. The van der Waals surface area contributed by atoms with E-state index in [2.05, 4.69) is 54.4 Å². The van der Waals surface area contributed by atoms with Crippen molar-refractivity contribution in [3.63, 3.8) is 0 Å². The Bertz CT molecular complexity index is 1310. The summed E-state index contributed by atoms with van der Waals surface area (Å²) in [6, 6.07) is 24.6. The fourth-order valence-electron chi connectivity index (χ4n) is 5.48. The lowest BCUT2D eigenvalue weighted by atomic mass is 9.85. The molecule has 1 aliphatic carbocycles. The van der Waals surface area contributed by atoms with Crippen molar-refractivity contribution in [3.8, 4) is 11.5 Å². The van der Waals surface area contributed by atoms with Crippen LogP contribution in [-0.4, -0.2) is 29.0 Å². The van der Waals surface area contributed by atoms with E-state index in [1.165, 1.54) is 18.4 Å².